The van der Waals surface area contributed by atoms with Crippen molar-refractivity contribution >= 4 is 10.0 Å². The second-order valence-corrected chi connectivity index (χ2v) is 6.90. The van der Waals surface area contributed by atoms with Crippen LogP contribution in [-0.2, 0) is 16.6 Å². The summed E-state index contributed by atoms with van der Waals surface area (Å²) in [7, 11) is -3.33. The molecule has 0 radical (unpaired) electrons. The van der Waals surface area contributed by atoms with Crippen LogP contribution in [0.15, 0.2) is 29.2 Å². The van der Waals surface area contributed by atoms with Crippen LogP contribution in [0.25, 0.3) is 0 Å². The lowest BCUT2D eigenvalue weighted by Crippen LogP contribution is -2.39. The van der Waals surface area contributed by atoms with Crippen molar-refractivity contribution in [1.29, 1.82) is 0 Å². The van der Waals surface area contributed by atoms with Gasteiger partial charge in [-0.15, -0.1) is 0 Å². The lowest BCUT2D eigenvalue weighted by atomic mass is 10.0. The molecule has 5 heteroatoms. The molecule has 1 aliphatic rings. The molecule has 100 valence electrons. The molecule has 2 rings (SSSR count). The van der Waals surface area contributed by atoms with Crippen LogP contribution in [0.1, 0.15) is 25.3 Å². The summed E-state index contributed by atoms with van der Waals surface area (Å²) in [6.45, 7) is 3.78. The van der Waals surface area contributed by atoms with Crippen LogP contribution in [0.5, 0.6) is 0 Å². The summed E-state index contributed by atoms with van der Waals surface area (Å²) < 4.78 is 26.5. The maximum atomic E-state index is 12.4. The third-order valence-electron chi connectivity index (χ3n) is 3.42. The first-order valence-corrected chi connectivity index (χ1v) is 7.77. The molecule has 1 fully saturated rings. The average Bonchev–Trinajstić information content (AvgIpc) is 2.39. The second-order valence-electron chi connectivity index (χ2n) is 4.96. The van der Waals surface area contributed by atoms with Crippen LogP contribution in [-0.4, -0.2) is 25.8 Å². The van der Waals surface area contributed by atoms with Gasteiger partial charge < -0.3 is 5.73 Å². The van der Waals surface area contributed by atoms with Gasteiger partial charge in [-0.3, -0.25) is 0 Å². The summed E-state index contributed by atoms with van der Waals surface area (Å²) >= 11 is 0. The van der Waals surface area contributed by atoms with Crippen LogP contribution in [0.4, 0.5) is 0 Å². The second kappa shape index (κ2) is 5.38. The number of piperidine rings is 1. The van der Waals surface area contributed by atoms with Crippen molar-refractivity contribution in [3.05, 3.63) is 29.8 Å². The summed E-state index contributed by atoms with van der Waals surface area (Å²) in [5, 5.41) is 0. The summed E-state index contributed by atoms with van der Waals surface area (Å²) in [4.78, 5) is 0.369. The third kappa shape index (κ3) is 2.74. The SMILES string of the molecule is C[C@@H]1CCCN(S(=O)(=O)c2ccc(CN)cc2)C1. The number of benzene rings is 1. The van der Waals surface area contributed by atoms with E-state index in [9.17, 15) is 8.42 Å². The largest absolute Gasteiger partial charge is 0.326 e. The summed E-state index contributed by atoms with van der Waals surface area (Å²) in [6, 6.07) is 6.86. The maximum Gasteiger partial charge on any atom is 0.243 e. The lowest BCUT2D eigenvalue weighted by Gasteiger charge is -2.30. The zero-order chi connectivity index (χ0) is 13.2. The van der Waals surface area contributed by atoms with Crippen molar-refractivity contribution in [3.8, 4) is 0 Å². The van der Waals surface area contributed by atoms with Crippen molar-refractivity contribution < 1.29 is 8.42 Å². The van der Waals surface area contributed by atoms with Gasteiger partial charge in [0, 0.05) is 19.6 Å². The minimum absolute atomic E-state index is 0.369. The Morgan fingerprint density at radius 1 is 1.33 bits per heavy atom. The van der Waals surface area contributed by atoms with E-state index in [0.29, 0.717) is 30.4 Å². The Labute approximate surface area is 109 Å². The van der Waals surface area contributed by atoms with E-state index >= 15 is 0 Å². The van der Waals surface area contributed by atoms with E-state index in [4.69, 9.17) is 5.73 Å². The van der Waals surface area contributed by atoms with E-state index in [2.05, 4.69) is 6.92 Å². The molecular weight excluding hydrogens is 248 g/mol. The van der Waals surface area contributed by atoms with Gasteiger partial charge in [-0.25, -0.2) is 8.42 Å². The Hall–Kier alpha value is -0.910. The molecule has 18 heavy (non-hydrogen) atoms. The monoisotopic (exact) mass is 268 g/mol. The fourth-order valence-electron chi connectivity index (χ4n) is 2.31. The van der Waals surface area contributed by atoms with Crippen molar-refractivity contribution in [3.63, 3.8) is 0 Å². The molecule has 0 spiro atoms. The topological polar surface area (TPSA) is 63.4 Å². The summed E-state index contributed by atoms with van der Waals surface area (Å²) in [6.07, 6.45) is 2.05. The molecule has 2 N–H and O–H groups in total. The molecule has 1 atom stereocenters. The molecule has 1 saturated heterocycles. The van der Waals surface area contributed by atoms with Gasteiger partial charge in [0.05, 0.1) is 4.90 Å². The minimum atomic E-state index is -3.33. The smallest absolute Gasteiger partial charge is 0.243 e. The predicted octanol–water partition coefficient (Wildman–Crippen LogP) is 1.57. The normalized spacial score (nSPS) is 22.0. The van der Waals surface area contributed by atoms with Gasteiger partial charge in [0.1, 0.15) is 0 Å². The van der Waals surface area contributed by atoms with Gasteiger partial charge in [-0.2, -0.15) is 4.31 Å². The van der Waals surface area contributed by atoms with Crippen LogP contribution in [0.2, 0.25) is 0 Å². The lowest BCUT2D eigenvalue weighted by molar-refractivity contribution is 0.281. The third-order valence-corrected chi connectivity index (χ3v) is 5.30. The Morgan fingerprint density at radius 3 is 2.56 bits per heavy atom. The molecule has 4 nitrogen and oxygen atoms in total. The quantitative estimate of drug-likeness (QED) is 0.905. The van der Waals surface area contributed by atoms with Gasteiger partial charge >= 0.3 is 0 Å². The molecule has 0 amide bonds. The van der Waals surface area contributed by atoms with Gasteiger partial charge in [0.15, 0.2) is 0 Å². The Bertz CT molecular complexity index is 496. The van der Waals surface area contributed by atoms with Crippen molar-refractivity contribution in [2.75, 3.05) is 13.1 Å². The highest BCUT2D eigenvalue weighted by Crippen LogP contribution is 2.23. The highest BCUT2D eigenvalue weighted by atomic mass is 32.2. The number of sulfonamides is 1. The van der Waals surface area contributed by atoms with Crippen molar-refractivity contribution in [2.24, 2.45) is 11.7 Å². The van der Waals surface area contributed by atoms with E-state index in [1.54, 1.807) is 28.6 Å². The number of hydrogen-bond acceptors (Lipinski definition) is 3. The van der Waals surface area contributed by atoms with E-state index in [0.717, 1.165) is 18.4 Å². The summed E-state index contributed by atoms with van der Waals surface area (Å²) in [5.74, 6) is 0.442. The zero-order valence-corrected chi connectivity index (χ0v) is 11.5. The average molecular weight is 268 g/mol. The van der Waals surface area contributed by atoms with Gasteiger partial charge in [-0.05, 0) is 36.5 Å². The highest BCUT2D eigenvalue weighted by Gasteiger charge is 2.28. The first-order valence-electron chi connectivity index (χ1n) is 6.33. The van der Waals surface area contributed by atoms with E-state index < -0.39 is 10.0 Å². The van der Waals surface area contributed by atoms with Crippen LogP contribution in [0, 0.1) is 5.92 Å². The molecule has 0 unspecified atom stereocenters. The molecule has 1 aromatic rings. The number of nitrogens with two attached hydrogens (primary N) is 1. The zero-order valence-electron chi connectivity index (χ0n) is 10.7. The molecule has 1 aromatic carbocycles. The fourth-order valence-corrected chi connectivity index (χ4v) is 3.91. The summed E-state index contributed by atoms with van der Waals surface area (Å²) in [5.41, 5.74) is 6.46. The molecule has 0 bridgehead atoms. The number of rotatable bonds is 3. The Morgan fingerprint density at radius 2 is 2.00 bits per heavy atom. The van der Waals surface area contributed by atoms with Gasteiger partial charge in [0.2, 0.25) is 10.0 Å². The molecule has 0 aliphatic carbocycles. The molecule has 0 aromatic heterocycles. The van der Waals surface area contributed by atoms with Gasteiger partial charge in [-0.1, -0.05) is 19.1 Å². The first-order chi connectivity index (χ1) is 8.54. The molecule has 0 saturated carbocycles. The number of nitrogens with zero attached hydrogens (tertiary/aromatic N) is 1. The Kier molecular flexibility index (Phi) is 4.04. The van der Waals surface area contributed by atoms with Crippen LogP contribution >= 0.6 is 0 Å². The Balaban J connectivity index is 2.23. The predicted molar refractivity (Wildman–Crippen MR) is 71.5 cm³/mol. The standard InChI is InChI=1S/C13H20N2O2S/c1-11-3-2-8-15(10-11)18(16,17)13-6-4-12(9-14)5-7-13/h4-7,11H,2-3,8-10,14H2,1H3/t11-/m1/s1. The van der Waals surface area contributed by atoms with Crippen molar-refractivity contribution in [1.82, 2.24) is 4.31 Å². The maximum absolute atomic E-state index is 12.4. The number of hydrogen-bond donors (Lipinski definition) is 1. The van der Waals surface area contributed by atoms with Crippen molar-refractivity contribution in [2.45, 2.75) is 31.2 Å². The van der Waals surface area contributed by atoms with Crippen LogP contribution < -0.4 is 5.73 Å². The van der Waals surface area contributed by atoms with E-state index in [1.807, 2.05) is 0 Å². The first kappa shape index (κ1) is 13.5. The van der Waals surface area contributed by atoms with E-state index in [1.165, 1.54) is 0 Å². The molecule has 1 heterocycles. The minimum Gasteiger partial charge on any atom is -0.326 e. The fraction of sp³-hybridized carbons (Fsp3) is 0.538. The van der Waals surface area contributed by atoms with E-state index in [-0.39, 0.29) is 0 Å². The molecule has 1 aliphatic heterocycles. The van der Waals surface area contributed by atoms with Crippen LogP contribution in [0.3, 0.4) is 0 Å². The van der Waals surface area contributed by atoms with Gasteiger partial charge in [0.25, 0.3) is 0 Å². The molecular formula is C13H20N2O2S. The highest BCUT2D eigenvalue weighted by molar-refractivity contribution is 7.89.